The van der Waals surface area contributed by atoms with Crippen molar-refractivity contribution in [1.29, 1.82) is 0 Å². The van der Waals surface area contributed by atoms with Gasteiger partial charge >= 0.3 is 0 Å². The SMILES string of the molecule is CCNc1ncc(F)cc1C(=O)Nc1cc(C)cc(F)c1. The van der Waals surface area contributed by atoms with Crippen LogP contribution in [0, 0.1) is 18.6 Å². The molecule has 2 N–H and O–H groups in total. The molecule has 2 rings (SSSR count). The molecule has 0 saturated carbocycles. The number of carbonyl (C=O) groups excluding carboxylic acids is 1. The molecule has 1 amide bonds. The van der Waals surface area contributed by atoms with Gasteiger partial charge < -0.3 is 10.6 Å². The van der Waals surface area contributed by atoms with Crippen molar-refractivity contribution in [2.24, 2.45) is 0 Å². The molecule has 1 aromatic heterocycles. The van der Waals surface area contributed by atoms with Crippen LogP contribution in [0.4, 0.5) is 20.3 Å². The van der Waals surface area contributed by atoms with Crippen molar-refractivity contribution in [3.8, 4) is 0 Å². The van der Waals surface area contributed by atoms with E-state index in [9.17, 15) is 13.6 Å². The highest BCUT2D eigenvalue weighted by Crippen LogP contribution is 2.18. The first-order valence-corrected chi connectivity index (χ1v) is 6.47. The molecule has 4 nitrogen and oxygen atoms in total. The van der Waals surface area contributed by atoms with Crippen molar-refractivity contribution in [3.05, 3.63) is 53.2 Å². The molecule has 0 aliphatic heterocycles. The van der Waals surface area contributed by atoms with Crippen LogP contribution in [0.1, 0.15) is 22.8 Å². The van der Waals surface area contributed by atoms with E-state index in [1.165, 1.54) is 12.1 Å². The van der Waals surface area contributed by atoms with Gasteiger partial charge in [-0.1, -0.05) is 0 Å². The van der Waals surface area contributed by atoms with Gasteiger partial charge in [-0.15, -0.1) is 0 Å². The fourth-order valence-corrected chi connectivity index (χ4v) is 1.93. The summed E-state index contributed by atoms with van der Waals surface area (Å²) in [7, 11) is 0. The molecule has 0 aliphatic carbocycles. The van der Waals surface area contributed by atoms with Gasteiger partial charge in [0, 0.05) is 12.2 Å². The van der Waals surface area contributed by atoms with Gasteiger partial charge in [-0.2, -0.15) is 0 Å². The largest absolute Gasteiger partial charge is 0.370 e. The first kappa shape index (κ1) is 14.9. The van der Waals surface area contributed by atoms with E-state index in [0.717, 1.165) is 12.3 Å². The molecule has 0 bridgehead atoms. The third-order valence-corrected chi connectivity index (χ3v) is 2.74. The highest BCUT2D eigenvalue weighted by Gasteiger charge is 2.14. The van der Waals surface area contributed by atoms with Gasteiger partial charge in [0.05, 0.1) is 11.8 Å². The Kier molecular flexibility index (Phi) is 4.47. The van der Waals surface area contributed by atoms with Crippen LogP contribution in [0.3, 0.4) is 0 Å². The van der Waals surface area contributed by atoms with Gasteiger partial charge in [0.1, 0.15) is 17.5 Å². The minimum atomic E-state index is -0.614. The second kappa shape index (κ2) is 6.30. The number of pyridine rings is 1. The van der Waals surface area contributed by atoms with Crippen molar-refractivity contribution in [1.82, 2.24) is 4.98 Å². The third kappa shape index (κ3) is 3.75. The lowest BCUT2D eigenvalue weighted by Gasteiger charge is -2.11. The number of nitrogens with zero attached hydrogens (tertiary/aromatic N) is 1. The van der Waals surface area contributed by atoms with Gasteiger partial charge in [0.2, 0.25) is 0 Å². The zero-order chi connectivity index (χ0) is 15.4. The van der Waals surface area contributed by atoms with Crippen LogP contribution in [0.2, 0.25) is 0 Å². The summed E-state index contributed by atoms with van der Waals surface area (Å²) in [5.74, 6) is -1.33. The molecular formula is C15H15F2N3O. The number of rotatable bonds is 4. The van der Waals surface area contributed by atoms with Crippen LogP contribution in [0.5, 0.6) is 0 Å². The van der Waals surface area contributed by atoms with Gasteiger partial charge in [-0.25, -0.2) is 13.8 Å². The molecule has 21 heavy (non-hydrogen) atoms. The van der Waals surface area contributed by atoms with Crippen LogP contribution in [-0.2, 0) is 0 Å². The van der Waals surface area contributed by atoms with Gasteiger partial charge in [0.25, 0.3) is 5.91 Å². The van der Waals surface area contributed by atoms with Crippen LogP contribution in [0.25, 0.3) is 0 Å². The Morgan fingerprint density at radius 1 is 1.19 bits per heavy atom. The topological polar surface area (TPSA) is 54.0 Å². The first-order chi connectivity index (χ1) is 9.99. The van der Waals surface area contributed by atoms with Crippen molar-refractivity contribution in [2.75, 3.05) is 17.2 Å². The van der Waals surface area contributed by atoms with Gasteiger partial charge in [-0.3, -0.25) is 4.79 Å². The number of carbonyl (C=O) groups is 1. The summed E-state index contributed by atoms with van der Waals surface area (Å²) in [6, 6.07) is 5.27. The Labute approximate surface area is 121 Å². The Bertz CT molecular complexity index is 654. The molecule has 2 aromatic rings. The summed E-state index contributed by atoms with van der Waals surface area (Å²) in [5, 5.41) is 5.42. The Morgan fingerprint density at radius 3 is 2.62 bits per heavy atom. The Balaban J connectivity index is 2.29. The predicted octanol–water partition coefficient (Wildman–Crippen LogP) is 3.35. The molecule has 110 valence electrons. The van der Waals surface area contributed by atoms with E-state index in [1.54, 1.807) is 13.0 Å². The molecule has 1 heterocycles. The first-order valence-electron chi connectivity index (χ1n) is 6.47. The average Bonchev–Trinajstić information content (AvgIpc) is 2.39. The third-order valence-electron chi connectivity index (χ3n) is 2.74. The zero-order valence-corrected chi connectivity index (χ0v) is 11.7. The normalized spacial score (nSPS) is 10.3. The number of aromatic nitrogens is 1. The van der Waals surface area contributed by atoms with Crippen molar-refractivity contribution < 1.29 is 13.6 Å². The van der Waals surface area contributed by atoms with E-state index in [2.05, 4.69) is 15.6 Å². The monoisotopic (exact) mass is 291 g/mol. The maximum absolute atomic E-state index is 13.3. The Morgan fingerprint density at radius 2 is 1.95 bits per heavy atom. The lowest BCUT2D eigenvalue weighted by molar-refractivity contribution is 0.102. The Hall–Kier alpha value is -2.50. The highest BCUT2D eigenvalue weighted by atomic mass is 19.1. The highest BCUT2D eigenvalue weighted by molar-refractivity contribution is 6.07. The lowest BCUT2D eigenvalue weighted by Crippen LogP contribution is -2.16. The molecule has 0 spiro atoms. The van der Waals surface area contributed by atoms with E-state index in [1.807, 2.05) is 6.92 Å². The lowest BCUT2D eigenvalue weighted by atomic mass is 10.2. The van der Waals surface area contributed by atoms with E-state index < -0.39 is 17.5 Å². The van der Waals surface area contributed by atoms with E-state index >= 15 is 0 Å². The second-order valence-corrected chi connectivity index (χ2v) is 4.55. The van der Waals surface area contributed by atoms with Crippen molar-refractivity contribution in [2.45, 2.75) is 13.8 Å². The smallest absolute Gasteiger partial charge is 0.259 e. The fraction of sp³-hybridized carbons (Fsp3) is 0.200. The number of anilines is 2. The van der Waals surface area contributed by atoms with Crippen LogP contribution < -0.4 is 10.6 Å². The number of hydrogen-bond donors (Lipinski definition) is 2. The van der Waals surface area contributed by atoms with E-state index in [0.29, 0.717) is 17.8 Å². The number of halogens is 2. The molecule has 0 saturated heterocycles. The number of nitrogens with one attached hydrogen (secondary N) is 2. The molecule has 0 atom stereocenters. The van der Waals surface area contributed by atoms with Crippen LogP contribution in [0.15, 0.2) is 30.5 Å². The quantitative estimate of drug-likeness (QED) is 0.908. The second-order valence-electron chi connectivity index (χ2n) is 4.55. The number of aryl methyl sites for hydroxylation is 1. The number of amides is 1. The summed E-state index contributed by atoms with van der Waals surface area (Å²) in [4.78, 5) is 16.0. The summed E-state index contributed by atoms with van der Waals surface area (Å²) in [6.07, 6.45) is 1.03. The molecule has 1 aromatic carbocycles. The minimum Gasteiger partial charge on any atom is -0.370 e. The summed E-state index contributed by atoms with van der Waals surface area (Å²) in [5.41, 5.74) is 1.05. The molecule has 0 aliphatic rings. The molecular weight excluding hydrogens is 276 g/mol. The molecule has 6 heteroatoms. The number of benzene rings is 1. The standard InChI is InChI=1S/C15H15F2N3O/c1-3-18-14-13(7-11(17)8-19-14)15(21)20-12-5-9(2)4-10(16)6-12/h4-8H,3H2,1-2H3,(H,18,19)(H,20,21). The van der Waals surface area contributed by atoms with Crippen LogP contribution >= 0.6 is 0 Å². The molecule has 0 fully saturated rings. The van der Waals surface area contributed by atoms with Crippen molar-refractivity contribution in [3.63, 3.8) is 0 Å². The minimum absolute atomic E-state index is 0.0683. The average molecular weight is 291 g/mol. The summed E-state index contributed by atoms with van der Waals surface area (Å²) in [6.45, 7) is 4.09. The van der Waals surface area contributed by atoms with Gasteiger partial charge in [0.15, 0.2) is 0 Å². The van der Waals surface area contributed by atoms with Gasteiger partial charge in [-0.05, 0) is 43.7 Å². The van der Waals surface area contributed by atoms with Crippen LogP contribution in [-0.4, -0.2) is 17.4 Å². The van der Waals surface area contributed by atoms with E-state index in [-0.39, 0.29) is 11.4 Å². The number of hydrogen-bond acceptors (Lipinski definition) is 3. The zero-order valence-electron chi connectivity index (χ0n) is 11.7. The molecule has 0 unspecified atom stereocenters. The summed E-state index contributed by atoms with van der Waals surface area (Å²) >= 11 is 0. The summed E-state index contributed by atoms with van der Waals surface area (Å²) < 4.78 is 26.6. The maximum atomic E-state index is 13.3. The van der Waals surface area contributed by atoms with Crippen molar-refractivity contribution >= 4 is 17.4 Å². The van der Waals surface area contributed by atoms with E-state index in [4.69, 9.17) is 0 Å². The fourth-order valence-electron chi connectivity index (χ4n) is 1.93. The molecule has 0 radical (unpaired) electrons. The maximum Gasteiger partial charge on any atom is 0.259 e. The predicted molar refractivity (Wildman–Crippen MR) is 77.4 cm³/mol.